The van der Waals surface area contributed by atoms with Gasteiger partial charge in [0.05, 0.1) is 46.6 Å². The summed E-state index contributed by atoms with van der Waals surface area (Å²) >= 11 is 29.5. The van der Waals surface area contributed by atoms with E-state index in [1.807, 2.05) is 6.92 Å². The van der Waals surface area contributed by atoms with Gasteiger partial charge in [-0.3, -0.25) is 9.59 Å². The molecule has 0 bridgehead atoms. The van der Waals surface area contributed by atoms with Gasteiger partial charge < -0.3 is 39.4 Å². The van der Waals surface area contributed by atoms with Crippen molar-refractivity contribution in [3.8, 4) is 0 Å². The molecule has 2 heterocycles. The van der Waals surface area contributed by atoms with E-state index in [-0.39, 0.29) is 53.3 Å². The van der Waals surface area contributed by atoms with E-state index in [4.69, 9.17) is 77.0 Å². The minimum Gasteiger partial charge on any atom is -0.509 e. The molecular weight excluding hydrogens is 846 g/mol. The number of nitrogens with one attached hydrogen (secondary N) is 2. The molecule has 2 fully saturated rings. The molecule has 57 heavy (non-hydrogen) atoms. The SMILES string of the molecule is CCOC(=O)Cl.CCOC(=O)OC1=C(c2c(C)cc(Cl)cc2Cl)C(=O)NC12CCCC(OC)C2.COC1CCCC2(C1)NC(=O)C(c1c(C)cc(Cl)cc1Cl)=C2O. The lowest BCUT2D eigenvalue weighted by molar-refractivity contribution is -0.117. The predicted molar refractivity (Wildman–Crippen MR) is 220 cm³/mol. The number of carbonyl (C=O) groups excluding carboxylic acids is 4. The Labute approximate surface area is 357 Å². The van der Waals surface area contributed by atoms with Crippen molar-refractivity contribution in [3.05, 3.63) is 78.1 Å². The van der Waals surface area contributed by atoms with Crippen molar-refractivity contribution >= 4 is 92.5 Å². The molecular formula is C40H47Cl5N2O10. The van der Waals surface area contributed by atoms with Crippen LogP contribution >= 0.6 is 58.0 Å². The molecule has 0 radical (unpaired) electrons. The van der Waals surface area contributed by atoms with E-state index >= 15 is 0 Å². The Morgan fingerprint density at radius 1 is 0.754 bits per heavy atom. The number of aliphatic hydroxyl groups is 1. The molecule has 2 aromatic carbocycles. The summed E-state index contributed by atoms with van der Waals surface area (Å²) in [5.41, 5.74) is 0.678. The molecule has 2 saturated carbocycles. The fourth-order valence-corrected chi connectivity index (χ4v) is 9.34. The molecule has 0 saturated heterocycles. The first-order chi connectivity index (χ1) is 27.0. The summed E-state index contributed by atoms with van der Waals surface area (Å²) in [7, 11) is 3.29. The fourth-order valence-electron chi connectivity index (χ4n) is 7.85. The number of carbonyl (C=O) groups is 4. The van der Waals surface area contributed by atoms with Crippen LogP contribution in [0.3, 0.4) is 0 Å². The summed E-state index contributed by atoms with van der Waals surface area (Å²) in [5.74, 6) is -0.337. The summed E-state index contributed by atoms with van der Waals surface area (Å²) in [6, 6.07) is 6.61. The molecule has 4 unspecified atom stereocenters. The van der Waals surface area contributed by atoms with Gasteiger partial charge in [-0.2, -0.15) is 0 Å². The maximum Gasteiger partial charge on any atom is 0.513 e. The first-order valence-electron chi connectivity index (χ1n) is 18.4. The van der Waals surface area contributed by atoms with Crippen molar-refractivity contribution in [3.63, 3.8) is 0 Å². The average Bonchev–Trinajstić information content (AvgIpc) is 3.51. The third kappa shape index (κ3) is 10.7. The van der Waals surface area contributed by atoms with Crippen LogP contribution in [0.25, 0.3) is 11.1 Å². The first-order valence-corrected chi connectivity index (χ1v) is 20.3. The van der Waals surface area contributed by atoms with Crippen molar-refractivity contribution in [1.82, 2.24) is 10.6 Å². The number of hydrogen-bond donors (Lipinski definition) is 3. The number of rotatable bonds is 7. The molecule has 3 N–H and O–H groups in total. The van der Waals surface area contributed by atoms with Gasteiger partial charge in [-0.1, -0.05) is 46.4 Å². The molecule has 312 valence electrons. The van der Waals surface area contributed by atoms with Gasteiger partial charge >= 0.3 is 11.6 Å². The Kier molecular flexibility index (Phi) is 16.4. The molecule has 4 aliphatic rings. The topological polar surface area (TPSA) is 159 Å². The summed E-state index contributed by atoms with van der Waals surface area (Å²) in [6.07, 6.45) is 4.98. The van der Waals surface area contributed by atoms with Crippen LogP contribution in [0.2, 0.25) is 20.1 Å². The molecule has 2 aliphatic carbocycles. The minimum absolute atomic E-state index is 0.0207. The quantitative estimate of drug-likeness (QED) is 0.180. The number of hydrogen-bond acceptors (Lipinski definition) is 10. The van der Waals surface area contributed by atoms with Crippen LogP contribution in [0.15, 0.2) is 35.8 Å². The lowest BCUT2D eigenvalue weighted by Gasteiger charge is -2.38. The second-order valence-electron chi connectivity index (χ2n) is 14.0. The van der Waals surface area contributed by atoms with Gasteiger partial charge in [-0.25, -0.2) is 9.59 Å². The molecule has 17 heteroatoms. The van der Waals surface area contributed by atoms with E-state index in [1.54, 1.807) is 59.3 Å². The highest BCUT2D eigenvalue weighted by Gasteiger charge is 2.52. The Bertz CT molecular complexity index is 1890. The number of aliphatic hydroxyl groups excluding tert-OH is 1. The van der Waals surface area contributed by atoms with Crippen LogP contribution in [-0.2, 0) is 33.3 Å². The Morgan fingerprint density at radius 3 is 1.67 bits per heavy atom. The minimum atomic E-state index is -0.854. The van der Waals surface area contributed by atoms with Crippen LogP contribution in [0.1, 0.15) is 87.5 Å². The second-order valence-corrected chi connectivity index (χ2v) is 16.0. The maximum atomic E-state index is 13.0. The number of amides is 2. The van der Waals surface area contributed by atoms with E-state index in [0.29, 0.717) is 69.1 Å². The fraction of sp³-hybridized carbons (Fsp3) is 0.500. The van der Waals surface area contributed by atoms with E-state index in [9.17, 15) is 24.3 Å². The Morgan fingerprint density at radius 2 is 1.21 bits per heavy atom. The second kappa shape index (κ2) is 20.2. The van der Waals surface area contributed by atoms with Gasteiger partial charge in [0.25, 0.3) is 11.8 Å². The molecule has 0 aromatic heterocycles. The zero-order chi connectivity index (χ0) is 42.2. The van der Waals surface area contributed by atoms with Gasteiger partial charge in [0, 0.05) is 59.8 Å². The van der Waals surface area contributed by atoms with Crippen LogP contribution in [0.5, 0.6) is 0 Å². The third-order valence-corrected chi connectivity index (χ3v) is 11.4. The molecule has 4 atom stereocenters. The molecule has 2 aliphatic heterocycles. The van der Waals surface area contributed by atoms with Gasteiger partial charge in [0.2, 0.25) is 0 Å². The normalized spacial score (nSPS) is 24.0. The van der Waals surface area contributed by atoms with Gasteiger partial charge in [-0.15, -0.1) is 0 Å². The standard InChI is InChI=1S/C20H23Cl2NO5.C17H19Cl2NO3.C3H5ClO2/c1-4-27-19(25)28-17-16(15-11(2)8-12(21)9-14(15)22)18(24)23-20(17)7-5-6-13(10-20)26-3;1-9-6-10(18)7-12(19)13(9)14-15(21)17(20-16(14)22)5-3-4-11(8-17)23-2;1-2-6-3(4)5/h8-9,13H,4-7,10H2,1-3H3,(H,23,24);6-7,11,21H,3-5,8H2,1-2H3,(H,20,22);2H2,1H3. The first kappa shape index (κ1) is 46.5. The van der Waals surface area contributed by atoms with Crippen molar-refractivity contribution in [1.29, 1.82) is 0 Å². The molecule has 12 nitrogen and oxygen atoms in total. The highest BCUT2D eigenvalue weighted by atomic mass is 35.5. The molecule has 2 spiro atoms. The highest BCUT2D eigenvalue weighted by molar-refractivity contribution is 6.61. The van der Waals surface area contributed by atoms with Gasteiger partial charge in [0.1, 0.15) is 16.8 Å². The van der Waals surface area contributed by atoms with Crippen molar-refractivity contribution in [2.24, 2.45) is 0 Å². The van der Waals surface area contributed by atoms with Crippen molar-refractivity contribution < 1.29 is 48.0 Å². The van der Waals surface area contributed by atoms with Crippen LogP contribution in [0.4, 0.5) is 9.59 Å². The van der Waals surface area contributed by atoms with E-state index in [1.165, 1.54) is 0 Å². The largest absolute Gasteiger partial charge is 0.513 e. The molecule has 6 rings (SSSR count). The van der Waals surface area contributed by atoms with E-state index in [2.05, 4.69) is 15.4 Å². The maximum absolute atomic E-state index is 13.0. The number of methoxy groups -OCH3 is 2. The monoisotopic (exact) mass is 890 g/mol. The van der Waals surface area contributed by atoms with Gasteiger partial charge in [0.15, 0.2) is 5.76 Å². The predicted octanol–water partition coefficient (Wildman–Crippen LogP) is 10.1. The Balaban J connectivity index is 0.000000224. The summed E-state index contributed by atoms with van der Waals surface area (Å²) < 4.78 is 25.7. The summed E-state index contributed by atoms with van der Waals surface area (Å²) in [4.78, 5) is 47.4. The number of aryl methyl sites for hydroxylation is 2. The number of benzene rings is 2. The average molecular weight is 893 g/mol. The van der Waals surface area contributed by atoms with Crippen LogP contribution in [0, 0.1) is 13.8 Å². The zero-order valence-electron chi connectivity index (χ0n) is 32.5. The lowest BCUT2D eigenvalue weighted by Crippen LogP contribution is -2.50. The van der Waals surface area contributed by atoms with Crippen molar-refractivity contribution in [2.45, 2.75) is 102 Å². The Hall–Kier alpha value is -3.23. The summed E-state index contributed by atoms with van der Waals surface area (Å²) in [6.45, 7) is 7.52. The van der Waals surface area contributed by atoms with Crippen LogP contribution in [-0.4, -0.2) is 79.2 Å². The third-order valence-electron chi connectivity index (χ3n) is 10.3. The molecule has 2 amide bonds. The number of halogens is 5. The van der Waals surface area contributed by atoms with E-state index in [0.717, 1.165) is 31.2 Å². The van der Waals surface area contributed by atoms with Crippen LogP contribution < -0.4 is 10.6 Å². The van der Waals surface area contributed by atoms with Gasteiger partial charge in [-0.05, 0) is 102 Å². The van der Waals surface area contributed by atoms with Crippen molar-refractivity contribution in [2.75, 3.05) is 27.4 Å². The smallest absolute Gasteiger partial charge is 0.509 e. The highest BCUT2D eigenvalue weighted by Crippen LogP contribution is 2.47. The zero-order valence-corrected chi connectivity index (χ0v) is 36.3. The number of ether oxygens (including phenoxy) is 5. The molecule has 2 aromatic rings. The van der Waals surface area contributed by atoms with E-state index < -0.39 is 22.7 Å². The lowest BCUT2D eigenvalue weighted by atomic mass is 9.78. The summed E-state index contributed by atoms with van der Waals surface area (Å²) in [5, 5.41) is 18.5.